The van der Waals surface area contributed by atoms with Crippen LogP contribution in [0.5, 0.6) is 0 Å². The first-order valence-electron chi connectivity index (χ1n) is 11.0. The molecule has 3 aromatic carbocycles. The number of aryl methyl sites for hydroxylation is 1. The highest BCUT2D eigenvalue weighted by Gasteiger charge is 2.26. The van der Waals surface area contributed by atoms with Crippen molar-refractivity contribution in [3.63, 3.8) is 0 Å². The molecular weight excluding hydrogens is 432 g/mol. The SMILES string of the molecule is O=C(c1ccccc1)c1ccc(C(=O)N2Cc3ccc(CCCl)n3Cc3ccccc32)cc1. The van der Waals surface area contributed by atoms with E-state index in [1.165, 1.54) is 5.69 Å². The number of ketones is 1. The number of hydrogen-bond acceptors (Lipinski definition) is 2. The zero-order valence-electron chi connectivity index (χ0n) is 18.1. The molecule has 33 heavy (non-hydrogen) atoms. The van der Waals surface area contributed by atoms with E-state index >= 15 is 0 Å². The molecule has 0 aliphatic carbocycles. The van der Waals surface area contributed by atoms with Crippen molar-refractivity contribution in [1.29, 1.82) is 0 Å². The number of halogens is 1. The average molecular weight is 455 g/mol. The highest BCUT2D eigenvalue weighted by atomic mass is 35.5. The second kappa shape index (κ2) is 9.08. The van der Waals surface area contributed by atoms with Gasteiger partial charge in [-0.2, -0.15) is 0 Å². The Morgan fingerprint density at radius 3 is 2.15 bits per heavy atom. The van der Waals surface area contributed by atoms with Crippen molar-refractivity contribution < 1.29 is 9.59 Å². The van der Waals surface area contributed by atoms with Crippen LogP contribution < -0.4 is 4.90 Å². The molecule has 1 aromatic heterocycles. The lowest BCUT2D eigenvalue weighted by Crippen LogP contribution is -2.30. The van der Waals surface area contributed by atoms with Crippen LogP contribution in [0.1, 0.15) is 43.2 Å². The van der Waals surface area contributed by atoms with Crippen LogP contribution in [0.25, 0.3) is 0 Å². The summed E-state index contributed by atoms with van der Waals surface area (Å²) in [5.74, 6) is 0.413. The van der Waals surface area contributed by atoms with Gasteiger partial charge in [-0.1, -0.05) is 60.7 Å². The van der Waals surface area contributed by atoms with Crippen LogP contribution in [0, 0.1) is 0 Å². The zero-order chi connectivity index (χ0) is 22.8. The first-order valence-corrected chi connectivity index (χ1v) is 11.5. The summed E-state index contributed by atoms with van der Waals surface area (Å²) < 4.78 is 2.26. The number of carbonyl (C=O) groups excluding carboxylic acids is 2. The number of hydrogen-bond donors (Lipinski definition) is 0. The number of alkyl halides is 1. The molecule has 1 aliphatic rings. The summed E-state index contributed by atoms with van der Waals surface area (Å²) >= 11 is 6.01. The topological polar surface area (TPSA) is 42.3 Å². The minimum absolute atomic E-state index is 0.0561. The third kappa shape index (κ3) is 4.10. The molecule has 0 saturated carbocycles. The molecule has 0 spiro atoms. The van der Waals surface area contributed by atoms with Gasteiger partial charge in [0.1, 0.15) is 0 Å². The number of rotatable bonds is 5. The first-order chi connectivity index (χ1) is 16.2. The molecule has 1 amide bonds. The normalized spacial score (nSPS) is 12.6. The van der Waals surface area contributed by atoms with Crippen LogP contribution in [0.4, 0.5) is 5.69 Å². The minimum atomic E-state index is -0.0882. The number of para-hydroxylation sites is 1. The molecule has 2 heterocycles. The lowest BCUT2D eigenvalue weighted by molar-refractivity contribution is 0.0982. The Bertz CT molecular complexity index is 1310. The summed E-state index contributed by atoms with van der Waals surface area (Å²) in [5, 5.41) is 0. The minimum Gasteiger partial charge on any atom is -0.342 e. The Kier molecular flexibility index (Phi) is 5.84. The van der Waals surface area contributed by atoms with Crippen molar-refractivity contribution in [2.75, 3.05) is 10.8 Å². The molecule has 164 valence electrons. The van der Waals surface area contributed by atoms with Gasteiger partial charge >= 0.3 is 0 Å². The van der Waals surface area contributed by atoms with Crippen molar-refractivity contribution in [3.8, 4) is 0 Å². The summed E-state index contributed by atoms with van der Waals surface area (Å²) in [6.07, 6.45) is 0.786. The Balaban J connectivity index is 1.46. The van der Waals surface area contributed by atoms with Crippen molar-refractivity contribution in [3.05, 3.63) is 125 Å². The van der Waals surface area contributed by atoms with Crippen molar-refractivity contribution in [2.24, 2.45) is 0 Å². The molecule has 0 fully saturated rings. The van der Waals surface area contributed by atoms with Gasteiger partial charge in [0.25, 0.3) is 5.91 Å². The molecule has 0 N–H and O–H groups in total. The van der Waals surface area contributed by atoms with Gasteiger partial charge in [-0.25, -0.2) is 0 Å². The monoisotopic (exact) mass is 454 g/mol. The molecule has 4 aromatic rings. The van der Waals surface area contributed by atoms with E-state index < -0.39 is 0 Å². The van der Waals surface area contributed by atoms with Crippen molar-refractivity contribution in [2.45, 2.75) is 19.5 Å². The molecule has 0 radical (unpaired) electrons. The van der Waals surface area contributed by atoms with Gasteiger partial charge in [0, 0.05) is 52.6 Å². The van der Waals surface area contributed by atoms with Gasteiger partial charge < -0.3 is 9.47 Å². The molecule has 0 bridgehead atoms. The van der Waals surface area contributed by atoms with E-state index in [-0.39, 0.29) is 11.7 Å². The molecule has 4 nitrogen and oxygen atoms in total. The van der Waals surface area contributed by atoms with E-state index in [1.54, 1.807) is 36.4 Å². The summed E-state index contributed by atoms with van der Waals surface area (Å²) in [6, 6.07) is 28.3. The molecule has 1 aliphatic heterocycles. The van der Waals surface area contributed by atoms with E-state index in [2.05, 4.69) is 22.8 Å². The second-order valence-corrected chi connectivity index (χ2v) is 8.51. The maximum Gasteiger partial charge on any atom is 0.258 e. The van der Waals surface area contributed by atoms with Crippen molar-refractivity contribution in [1.82, 2.24) is 4.57 Å². The number of amides is 1. The number of benzene rings is 3. The number of aromatic nitrogens is 1. The fourth-order valence-corrected chi connectivity index (χ4v) is 4.59. The van der Waals surface area contributed by atoms with Crippen molar-refractivity contribution >= 4 is 29.0 Å². The zero-order valence-corrected chi connectivity index (χ0v) is 18.8. The largest absolute Gasteiger partial charge is 0.342 e. The van der Waals surface area contributed by atoms with Crippen LogP contribution in [-0.2, 0) is 19.5 Å². The Morgan fingerprint density at radius 2 is 1.39 bits per heavy atom. The van der Waals surface area contributed by atoms with Gasteiger partial charge in [0.2, 0.25) is 0 Å². The predicted molar refractivity (Wildman–Crippen MR) is 131 cm³/mol. The maximum atomic E-state index is 13.6. The van der Waals surface area contributed by atoms with E-state index in [9.17, 15) is 9.59 Å². The highest BCUT2D eigenvalue weighted by molar-refractivity contribution is 6.18. The third-order valence-corrected chi connectivity index (χ3v) is 6.31. The number of nitrogens with zero attached hydrogens (tertiary/aromatic N) is 2. The third-order valence-electron chi connectivity index (χ3n) is 6.12. The first kappa shape index (κ1) is 21.2. The van der Waals surface area contributed by atoms with Gasteiger partial charge in [-0.3, -0.25) is 9.59 Å². The molecule has 0 saturated heterocycles. The van der Waals surface area contributed by atoms with Crippen LogP contribution in [-0.4, -0.2) is 22.1 Å². The number of fused-ring (bicyclic) bond motifs is 2. The number of anilines is 1. The fraction of sp³-hybridized carbons (Fsp3) is 0.143. The quantitative estimate of drug-likeness (QED) is 0.286. The van der Waals surface area contributed by atoms with Gasteiger partial charge in [0.05, 0.1) is 6.54 Å². The summed E-state index contributed by atoms with van der Waals surface area (Å²) in [6.45, 7) is 1.18. The Hall–Kier alpha value is -3.63. The Morgan fingerprint density at radius 1 is 0.727 bits per heavy atom. The standard InChI is InChI=1S/C28H23ClN2O2/c29-17-16-24-14-15-25-19-31(26-9-5-4-8-23(26)18-30(24)25)28(33)22-12-10-21(11-13-22)27(32)20-6-2-1-3-7-20/h1-15H,16-19H2. The van der Waals surface area contributed by atoms with Crippen LogP contribution >= 0.6 is 11.6 Å². The maximum absolute atomic E-state index is 13.6. The molecule has 0 atom stereocenters. The summed E-state index contributed by atoms with van der Waals surface area (Å²) in [7, 11) is 0. The van der Waals surface area contributed by atoms with Gasteiger partial charge in [-0.15, -0.1) is 11.6 Å². The van der Waals surface area contributed by atoms with Crippen LogP contribution in [0.15, 0.2) is 91.0 Å². The lowest BCUT2D eigenvalue weighted by Gasteiger charge is -2.23. The van der Waals surface area contributed by atoms with Crippen LogP contribution in [0.2, 0.25) is 0 Å². The predicted octanol–water partition coefficient (Wildman–Crippen LogP) is 5.71. The highest BCUT2D eigenvalue weighted by Crippen LogP contribution is 2.30. The van der Waals surface area contributed by atoms with E-state index in [0.29, 0.717) is 35.7 Å². The van der Waals surface area contributed by atoms with Gasteiger partial charge in [-0.05, 0) is 35.9 Å². The molecule has 5 rings (SSSR count). The van der Waals surface area contributed by atoms with E-state index in [1.807, 2.05) is 41.3 Å². The number of carbonyl (C=O) groups is 2. The second-order valence-electron chi connectivity index (χ2n) is 8.13. The smallest absolute Gasteiger partial charge is 0.258 e. The van der Waals surface area contributed by atoms with E-state index in [4.69, 9.17) is 11.6 Å². The summed E-state index contributed by atoms with van der Waals surface area (Å²) in [5.41, 5.74) is 6.00. The van der Waals surface area contributed by atoms with E-state index in [0.717, 1.165) is 23.4 Å². The molecule has 5 heteroatoms. The molecular formula is C28H23ClN2O2. The summed E-state index contributed by atoms with van der Waals surface area (Å²) in [4.78, 5) is 28.2. The Labute approximate surface area is 198 Å². The lowest BCUT2D eigenvalue weighted by atomic mass is 10.0. The molecule has 0 unspecified atom stereocenters. The van der Waals surface area contributed by atoms with Crippen LogP contribution in [0.3, 0.4) is 0 Å². The fourth-order valence-electron chi connectivity index (χ4n) is 4.40. The average Bonchev–Trinajstić information content (AvgIpc) is 3.14. The van der Waals surface area contributed by atoms with Gasteiger partial charge in [0.15, 0.2) is 5.78 Å².